The lowest BCUT2D eigenvalue weighted by molar-refractivity contribution is 0.290. The molecule has 1 unspecified atom stereocenters. The Labute approximate surface area is 129 Å². The van der Waals surface area contributed by atoms with Crippen LogP contribution in [-0.4, -0.2) is 25.0 Å². The zero-order valence-electron chi connectivity index (χ0n) is 12.5. The lowest BCUT2D eigenvalue weighted by Crippen LogP contribution is -2.26. The molecule has 2 rings (SSSR count). The highest BCUT2D eigenvalue weighted by Crippen LogP contribution is 2.29. The van der Waals surface area contributed by atoms with Crippen molar-refractivity contribution in [3.05, 3.63) is 71.8 Å². The molecule has 108 valence electrons. The maximum Gasteiger partial charge on any atom is 0.0104 e. The summed E-state index contributed by atoms with van der Waals surface area (Å²) in [6.07, 6.45) is 1.14. The molecule has 0 heterocycles. The monoisotopic (exact) mass is 289 g/mol. The fraction of sp³-hybridized carbons (Fsp3) is 0.333. The van der Waals surface area contributed by atoms with Crippen molar-refractivity contribution in [1.82, 2.24) is 4.90 Å². The third kappa shape index (κ3) is 4.36. The van der Waals surface area contributed by atoms with Gasteiger partial charge in [-0.2, -0.15) is 0 Å². The molecule has 2 aromatic rings. The molecule has 0 fully saturated rings. The Kier molecular flexibility index (Phi) is 6.77. The fourth-order valence-corrected chi connectivity index (χ4v) is 2.39. The third-order valence-electron chi connectivity index (χ3n) is 3.86. The summed E-state index contributed by atoms with van der Waals surface area (Å²) < 4.78 is 0. The highest BCUT2D eigenvalue weighted by Gasteiger charge is 2.18. The second kappa shape index (κ2) is 8.08. The molecule has 0 aliphatic carbocycles. The molecule has 0 saturated carbocycles. The predicted molar refractivity (Wildman–Crippen MR) is 89.7 cm³/mol. The van der Waals surface area contributed by atoms with E-state index in [1.54, 1.807) is 0 Å². The lowest BCUT2D eigenvalue weighted by Gasteiger charge is -2.26. The molecule has 0 saturated heterocycles. The van der Waals surface area contributed by atoms with Gasteiger partial charge < -0.3 is 4.90 Å². The Bertz CT molecular complexity index is 442. The average Bonchev–Trinajstić information content (AvgIpc) is 2.46. The van der Waals surface area contributed by atoms with Crippen LogP contribution in [0.4, 0.5) is 0 Å². The Hall–Kier alpha value is -1.31. The van der Waals surface area contributed by atoms with Crippen molar-refractivity contribution >= 4 is 12.4 Å². The van der Waals surface area contributed by atoms with E-state index in [1.165, 1.54) is 11.1 Å². The van der Waals surface area contributed by atoms with E-state index >= 15 is 0 Å². The van der Waals surface area contributed by atoms with Crippen LogP contribution in [0.1, 0.15) is 30.4 Å². The molecule has 0 radical (unpaired) electrons. The van der Waals surface area contributed by atoms with Gasteiger partial charge in [0.25, 0.3) is 0 Å². The maximum absolute atomic E-state index is 2.29. The van der Waals surface area contributed by atoms with E-state index in [0.717, 1.165) is 6.42 Å². The van der Waals surface area contributed by atoms with Crippen LogP contribution >= 0.6 is 12.4 Å². The minimum atomic E-state index is 0. The van der Waals surface area contributed by atoms with Crippen LogP contribution in [0.5, 0.6) is 0 Å². The summed E-state index contributed by atoms with van der Waals surface area (Å²) in [5.74, 6) is 0.472. The lowest BCUT2D eigenvalue weighted by atomic mass is 9.86. The summed E-state index contributed by atoms with van der Waals surface area (Å²) in [5, 5.41) is 0. The normalized spacial score (nSPS) is 12.2. The van der Waals surface area contributed by atoms with E-state index in [4.69, 9.17) is 0 Å². The van der Waals surface area contributed by atoms with Crippen molar-refractivity contribution in [3.63, 3.8) is 0 Å². The maximum atomic E-state index is 2.29. The fourth-order valence-electron chi connectivity index (χ4n) is 2.39. The van der Waals surface area contributed by atoms with Crippen molar-refractivity contribution in [2.45, 2.75) is 25.3 Å². The second-order valence-electron chi connectivity index (χ2n) is 5.42. The van der Waals surface area contributed by atoms with E-state index < -0.39 is 0 Å². The summed E-state index contributed by atoms with van der Waals surface area (Å²) in [6.45, 7) is 2.29. The van der Waals surface area contributed by atoms with Crippen molar-refractivity contribution in [2.24, 2.45) is 0 Å². The second-order valence-corrected chi connectivity index (χ2v) is 5.42. The summed E-state index contributed by atoms with van der Waals surface area (Å²) >= 11 is 0. The molecule has 1 nitrogen and oxygen atoms in total. The summed E-state index contributed by atoms with van der Waals surface area (Å²) in [7, 11) is 4.30. The molecule has 20 heavy (non-hydrogen) atoms. The molecule has 0 aliphatic heterocycles. The van der Waals surface area contributed by atoms with Crippen LogP contribution in [-0.2, 0) is 0 Å². The van der Waals surface area contributed by atoms with E-state index in [9.17, 15) is 0 Å². The smallest absolute Gasteiger partial charge is 0.0104 e. The Morgan fingerprint density at radius 1 is 0.800 bits per heavy atom. The van der Waals surface area contributed by atoms with Crippen molar-refractivity contribution in [1.29, 1.82) is 0 Å². The molecule has 0 spiro atoms. The topological polar surface area (TPSA) is 3.24 Å². The number of benzene rings is 2. The molecule has 0 amide bonds. The van der Waals surface area contributed by atoms with Crippen LogP contribution in [0.2, 0.25) is 0 Å². The van der Waals surface area contributed by atoms with Crippen LogP contribution in [0.3, 0.4) is 0 Å². The van der Waals surface area contributed by atoms with Gasteiger partial charge in [0, 0.05) is 12.0 Å². The van der Waals surface area contributed by atoms with E-state index in [1.807, 2.05) is 0 Å². The van der Waals surface area contributed by atoms with Crippen molar-refractivity contribution in [3.8, 4) is 0 Å². The van der Waals surface area contributed by atoms with Gasteiger partial charge >= 0.3 is 0 Å². The average molecular weight is 290 g/mol. The molecule has 0 aromatic heterocycles. The van der Waals surface area contributed by atoms with Crippen LogP contribution in [0.15, 0.2) is 60.7 Å². The molecule has 0 aliphatic rings. The highest BCUT2D eigenvalue weighted by atomic mass is 35.5. The molecular weight excluding hydrogens is 266 g/mol. The van der Waals surface area contributed by atoms with Gasteiger partial charge in [0.15, 0.2) is 0 Å². The van der Waals surface area contributed by atoms with Gasteiger partial charge in [-0.1, -0.05) is 60.7 Å². The van der Waals surface area contributed by atoms with Gasteiger partial charge in [-0.25, -0.2) is 0 Å². The first-order valence-corrected chi connectivity index (χ1v) is 6.95. The first-order valence-electron chi connectivity index (χ1n) is 6.95. The number of nitrogens with zero attached hydrogens (tertiary/aromatic N) is 1. The molecule has 0 N–H and O–H groups in total. The third-order valence-corrected chi connectivity index (χ3v) is 3.86. The van der Waals surface area contributed by atoms with Crippen molar-refractivity contribution in [2.75, 3.05) is 14.1 Å². The van der Waals surface area contributed by atoms with E-state index in [2.05, 4.69) is 86.6 Å². The van der Waals surface area contributed by atoms with Crippen molar-refractivity contribution < 1.29 is 0 Å². The number of hydrogen-bond acceptors (Lipinski definition) is 1. The number of hydrogen-bond donors (Lipinski definition) is 0. The van der Waals surface area contributed by atoms with E-state index in [-0.39, 0.29) is 12.4 Å². The van der Waals surface area contributed by atoms with E-state index in [0.29, 0.717) is 12.0 Å². The molecular formula is C18H24ClN. The number of rotatable bonds is 5. The van der Waals surface area contributed by atoms with Gasteiger partial charge in [-0.05, 0) is 38.6 Å². The summed E-state index contributed by atoms with van der Waals surface area (Å²) in [5.41, 5.74) is 2.81. The first kappa shape index (κ1) is 16.7. The standard InChI is InChI=1S/C18H23N.ClH/c1-15(19(2)3)14-18(16-10-6-4-7-11-16)17-12-8-5-9-13-17;/h4-13,15,18H,14H2,1-3H3;1H. The molecule has 2 aromatic carbocycles. The largest absolute Gasteiger partial charge is 0.307 e. The first-order chi connectivity index (χ1) is 9.18. The number of halogens is 1. The molecule has 1 atom stereocenters. The summed E-state index contributed by atoms with van der Waals surface area (Å²) in [6, 6.07) is 22.2. The van der Waals surface area contributed by atoms with Gasteiger partial charge in [0.2, 0.25) is 0 Å². The van der Waals surface area contributed by atoms with Crippen LogP contribution in [0.25, 0.3) is 0 Å². The Morgan fingerprint density at radius 3 is 1.55 bits per heavy atom. The van der Waals surface area contributed by atoms with Gasteiger partial charge in [-0.3, -0.25) is 0 Å². The zero-order valence-corrected chi connectivity index (χ0v) is 13.3. The minimum Gasteiger partial charge on any atom is -0.307 e. The van der Waals surface area contributed by atoms with Crippen LogP contribution in [0, 0.1) is 0 Å². The molecule has 0 bridgehead atoms. The zero-order chi connectivity index (χ0) is 13.7. The predicted octanol–water partition coefficient (Wildman–Crippen LogP) is 4.58. The van der Waals surface area contributed by atoms with Gasteiger partial charge in [0.1, 0.15) is 0 Å². The molecule has 2 heteroatoms. The Balaban J connectivity index is 0.00000200. The SMILES string of the molecule is CC(CC(c1ccccc1)c1ccccc1)N(C)C.Cl. The van der Waals surface area contributed by atoms with Crippen LogP contribution < -0.4 is 0 Å². The minimum absolute atomic E-state index is 0. The van der Waals surface area contributed by atoms with Gasteiger partial charge in [-0.15, -0.1) is 12.4 Å². The quantitative estimate of drug-likeness (QED) is 0.779. The summed E-state index contributed by atoms with van der Waals surface area (Å²) in [4.78, 5) is 2.29. The van der Waals surface area contributed by atoms with Gasteiger partial charge in [0.05, 0.1) is 0 Å². The highest BCUT2D eigenvalue weighted by molar-refractivity contribution is 5.85. The Morgan fingerprint density at radius 2 is 1.20 bits per heavy atom.